The number of nitrogens with zero attached hydrogens (tertiary/aromatic N) is 6. The van der Waals surface area contributed by atoms with Crippen molar-refractivity contribution >= 4 is 41.4 Å². The van der Waals surface area contributed by atoms with Crippen LogP contribution in [0, 0.1) is 17.8 Å². The van der Waals surface area contributed by atoms with E-state index in [9.17, 15) is 29.1 Å². The van der Waals surface area contributed by atoms with E-state index in [1.165, 1.54) is 27.7 Å². The first kappa shape index (κ1) is 30.9. The van der Waals surface area contributed by atoms with Gasteiger partial charge in [0.1, 0.15) is 18.6 Å². The Hall–Kier alpha value is -3.57. The summed E-state index contributed by atoms with van der Waals surface area (Å²) < 4.78 is 1.27. The maximum Gasteiger partial charge on any atom is 0.353 e. The molecule has 0 aliphatic carbocycles. The van der Waals surface area contributed by atoms with E-state index in [2.05, 4.69) is 31.5 Å². The van der Waals surface area contributed by atoms with Gasteiger partial charge >= 0.3 is 5.97 Å². The fourth-order valence-corrected chi connectivity index (χ4v) is 8.03. The second-order valence-corrected chi connectivity index (χ2v) is 13.0. The first-order valence-corrected chi connectivity index (χ1v) is 15.4. The van der Waals surface area contributed by atoms with Gasteiger partial charge in [0, 0.05) is 48.3 Å². The molecule has 0 unspecified atom stereocenters. The van der Waals surface area contributed by atoms with Crippen molar-refractivity contribution < 1.29 is 29.1 Å². The lowest BCUT2D eigenvalue weighted by Gasteiger charge is -2.47. The third-order valence-corrected chi connectivity index (χ3v) is 10.3. The Morgan fingerprint density at radius 2 is 1.98 bits per heavy atom. The van der Waals surface area contributed by atoms with Gasteiger partial charge in [-0.25, -0.2) is 9.48 Å². The van der Waals surface area contributed by atoms with E-state index in [1.807, 2.05) is 11.8 Å². The Kier molecular flexibility index (Phi) is 9.31. The monoisotopic (exact) mass is 618 g/mol. The number of piperidine rings is 1. The minimum Gasteiger partial charge on any atom is -0.477 e. The highest BCUT2D eigenvalue weighted by molar-refractivity contribution is 8.03. The number of aromatic nitrogens is 4. The maximum absolute atomic E-state index is 13.3. The van der Waals surface area contributed by atoms with Crippen LogP contribution in [0.4, 0.5) is 0 Å². The highest BCUT2D eigenvalue weighted by Gasteiger charge is 2.60. The molecular weight excluding hydrogens is 580 g/mol. The Balaban J connectivity index is 1.15. The number of hydrogen-bond acceptors (Lipinski definition) is 11. The fraction of sp³-hybridized carbons (Fsp3) is 0.692. The number of carbonyl (C=O) groups is 5. The molecule has 3 fully saturated rings. The zero-order valence-corrected chi connectivity index (χ0v) is 25.0. The van der Waals surface area contributed by atoms with Crippen LogP contribution < -0.4 is 21.7 Å². The average molecular weight is 619 g/mol. The zero-order chi connectivity index (χ0) is 30.8. The lowest BCUT2D eigenvalue weighted by molar-refractivity contribution is -0.158. The summed E-state index contributed by atoms with van der Waals surface area (Å²) in [5.41, 5.74) is 5.34. The van der Waals surface area contributed by atoms with Gasteiger partial charge in [-0.2, -0.15) is 0 Å². The Bertz CT molecular complexity index is 1280. The number of hydrogen-bond donors (Lipinski definition) is 5. The molecule has 5 heterocycles. The molecule has 5 rings (SSSR count). The Labute approximate surface area is 252 Å². The number of likely N-dealkylation sites (tertiary alicyclic amines) is 1. The molecule has 0 radical (unpaired) electrons. The smallest absolute Gasteiger partial charge is 0.353 e. The standard InChI is InChI=1S/C26H38N10O6S/c1-13-21-20(14(2)31-19(38)11-35-12-30-32-33-35)25(40)36(21)22(26(41)42)23(13)43-16-7-17(28-10-16)24(39)34-5-3-15(4-6-34)9-29-18(37)8-27/h12-17,20-21,28H,3-11,27H2,1-2H3,(H,29,37)(H,31,38)(H,41,42)/t13-,14-,16+,17+,20-,21-/m1/s1. The van der Waals surface area contributed by atoms with Crippen molar-refractivity contribution in [1.29, 1.82) is 0 Å². The van der Waals surface area contributed by atoms with E-state index >= 15 is 0 Å². The number of carbonyl (C=O) groups excluding carboxylic acids is 4. The number of β-lactam (4-membered cyclic amide) rings is 1. The SMILES string of the molecule is C[C@@H](NC(=O)Cn1cnnn1)[C@H]1C(=O)N2C(C(=O)O)=C(S[C@@H]3CN[C@H](C(=O)N4CCC(CNC(=O)CN)CC4)C3)[C@H](C)[C@H]12. The van der Waals surface area contributed by atoms with Crippen LogP contribution in [-0.2, 0) is 30.5 Å². The number of nitrogens with two attached hydrogens (primary N) is 1. The van der Waals surface area contributed by atoms with Crippen LogP contribution in [0.15, 0.2) is 16.9 Å². The zero-order valence-electron chi connectivity index (χ0n) is 24.1. The lowest BCUT2D eigenvalue weighted by Crippen LogP contribution is -2.66. The van der Waals surface area contributed by atoms with Crippen LogP contribution >= 0.6 is 11.8 Å². The topological polar surface area (TPSA) is 218 Å². The van der Waals surface area contributed by atoms with Crippen LogP contribution in [-0.4, -0.2) is 121 Å². The quantitative estimate of drug-likeness (QED) is 0.166. The van der Waals surface area contributed by atoms with E-state index in [-0.39, 0.29) is 65.7 Å². The van der Waals surface area contributed by atoms with Gasteiger partial charge in [-0.3, -0.25) is 19.2 Å². The number of fused-ring (bicyclic) bond motifs is 1. The molecule has 17 heteroatoms. The maximum atomic E-state index is 13.3. The molecule has 234 valence electrons. The van der Waals surface area contributed by atoms with E-state index in [1.54, 1.807) is 6.92 Å². The number of carboxylic acids is 1. The van der Waals surface area contributed by atoms with E-state index in [0.29, 0.717) is 43.4 Å². The summed E-state index contributed by atoms with van der Waals surface area (Å²) in [6.45, 7) is 5.86. The van der Waals surface area contributed by atoms with Gasteiger partial charge in [-0.15, -0.1) is 16.9 Å². The molecule has 4 aliphatic heterocycles. The van der Waals surface area contributed by atoms with Crippen LogP contribution in [0.3, 0.4) is 0 Å². The predicted molar refractivity (Wildman–Crippen MR) is 153 cm³/mol. The molecule has 0 spiro atoms. The average Bonchev–Trinajstić information content (AvgIpc) is 3.72. The molecule has 0 saturated carbocycles. The first-order chi connectivity index (χ1) is 20.6. The molecule has 4 amide bonds. The molecule has 0 aromatic carbocycles. The molecule has 16 nitrogen and oxygen atoms in total. The van der Waals surface area contributed by atoms with Crippen molar-refractivity contribution in [3.63, 3.8) is 0 Å². The van der Waals surface area contributed by atoms with E-state index in [4.69, 9.17) is 5.73 Å². The molecule has 3 saturated heterocycles. The van der Waals surface area contributed by atoms with Gasteiger partial charge in [0.25, 0.3) is 0 Å². The number of aliphatic carboxylic acids is 1. The lowest BCUT2D eigenvalue weighted by atomic mass is 9.78. The van der Waals surface area contributed by atoms with Crippen molar-refractivity contribution in [3.05, 3.63) is 16.9 Å². The van der Waals surface area contributed by atoms with Gasteiger partial charge in [0.15, 0.2) is 0 Å². The minimum atomic E-state index is -1.16. The Morgan fingerprint density at radius 1 is 1.23 bits per heavy atom. The van der Waals surface area contributed by atoms with Crippen LogP contribution in [0.5, 0.6) is 0 Å². The highest BCUT2D eigenvalue weighted by Crippen LogP contribution is 2.51. The summed E-state index contributed by atoms with van der Waals surface area (Å²) in [6, 6.07) is -1.26. The molecule has 6 atom stereocenters. The third-order valence-electron chi connectivity index (χ3n) is 8.80. The number of thioether (sulfide) groups is 1. The highest BCUT2D eigenvalue weighted by atomic mass is 32.2. The van der Waals surface area contributed by atoms with Gasteiger partial charge < -0.3 is 36.6 Å². The van der Waals surface area contributed by atoms with Gasteiger partial charge in [0.2, 0.25) is 23.6 Å². The van der Waals surface area contributed by atoms with Crippen LogP contribution in [0.2, 0.25) is 0 Å². The number of nitrogens with one attached hydrogen (secondary N) is 3. The molecule has 43 heavy (non-hydrogen) atoms. The molecule has 1 aromatic heterocycles. The van der Waals surface area contributed by atoms with Gasteiger partial charge in [0.05, 0.1) is 24.5 Å². The normalized spacial score (nSPS) is 28.0. The van der Waals surface area contributed by atoms with Crippen molar-refractivity contribution in [3.8, 4) is 0 Å². The summed E-state index contributed by atoms with van der Waals surface area (Å²) in [4.78, 5) is 66.6. The Morgan fingerprint density at radius 3 is 2.63 bits per heavy atom. The number of amides is 4. The number of tetrazole rings is 1. The first-order valence-electron chi connectivity index (χ1n) is 14.5. The summed E-state index contributed by atoms with van der Waals surface area (Å²) in [7, 11) is 0. The van der Waals surface area contributed by atoms with Crippen LogP contribution in [0.25, 0.3) is 0 Å². The summed E-state index contributed by atoms with van der Waals surface area (Å²) in [6.07, 6.45) is 3.47. The van der Waals surface area contributed by atoms with Gasteiger partial charge in [-0.1, -0.05) is 6.92 Å². The fourth-order valence-electron chi connectivity index (χ4n) is 6.55. The second kappa shape index (κ2) is 13.0. The van der Waals surface area contributed by atoms with Crippen molar-refractivity contribution in [2.24, 2.45) is 23.5 Å². The van der Waals surface area contributed by atoms with Crippen LogP contribution in [0.1, 0.15) is 33.1 Å². The summed E-state index contributed by atoms with van der Waals surface area (Å²) >= 11 is 1.43. The predicted octanol–water partition coefficient (Wildman–Crippen LogP) is -2.27. The molecule has 1 aromatic rings. The van der Waals surface area contributed by atoms with Crippen molar-refractivity contribution in [1.82, 2.24) is 46.0 Å². The van der Waals surface area contributed by atoms with Crippen molar-refractivity contribution in [2.45, 2.75) is 63.0 Å². The van der Waals surface area contributed by atoms with Crippen molar-refractivity contribution in [2.75, 3.05) is 32.7 Å². The summed E-state index contributed by atoms with van der Waals surface area (Å²) in [5, 5.41) is 29.7. The molecular formula is C26H38N10O6S. The molecule has 0 bridgehead atoms. The summed E-state index contributed by atoms with van der Waals surface area (Å²) in [5.74, 6) is -2.50. The number of rotatable bonds is 11. The van der Waals surface area contributed by atoms with E-state index < -0.39 is 17.9 Å². The molecule has 4 aliphatic rings. The third kappa shape index (κ3) is 6.38. The second-order valence-electron chi connectivity index (χ2n) is 11.6. The van der Waals surface area contributed by atoms with E-state index in [0.717, 1.165) is 12.8 Å². The molecule has 6 N–H and O–H groups in total. The van der Waals surface area contributed by atoms with Gasteiger partial charge in [-0.05, 0) is 42.5 Å². The largest absolute Gasteiger partial charge is 0.477 e. The number of carboxylic acid groups (broad SMARTS) is 1. The minimum absolute atomic E-state index is 0.00505.